The zero-order valence-corrected chi connectivity index (χ0v) is 9.74. The molecule has 3 atom stereocenters. The van der Waals surface area contributed by atoms with Crippen LogP contribution in [0.2, 0.25) is 0 Å². The van der Waals surface area contributed by atoms with Gasteiger partial charge in [0.1, 0.15) is 0 Å². The average Bonchev–Trinajstić information content (AvgIpc) is 3.07. The summed E-state index contributed by atoms with van der Waals surface area (Å²) >= 11 is 0. The molecule has 0 heterocycles. The average molecular weight is 203 g/mol. The Labute approximate surface area is 92.9 Å². The predicted octanol–water partition coefficient (Wildman–Crippen LogP) is 3.18. The van der Waals surface area contributed by atoms with Gasteiger partial charge >= 0.3 is 0 Å². The molecule has 1 aromatic rings. The quantitative estimate of drug-likeness (QED) is 0.775. The molecule has 1 saturated carbocycles. The first-order chi connectivity index (χ1) is 7.36. The van der Waals surface area contributed by atoms with Crippen LogP contribution in [0.25, 0.3) is 0 Å². The molecule has 1 aliphatic carbocycles. The van der Waals surface area contributed by atoms with Crippen molar-refractivity contribution < 1.29 is 0 Å². The van der Waals surface area contributed by atoms with E-state index in [4.69, 9.17) is 0 Å². The second-order valence-electron chi connectivity index (χ2n) is 4.49. The van der Waals surface area contributed by atoms with E-state index < -0.39 is 0 Å². The van der Waals surface area contributed by atoms with Crippen molar-refractivity contribution in [3.63, 3.8) is 0 Å². The van der Waals surface area contributed by atoms with Gasteiger partial charge in [-0.3, -0.25) is 0 Å². The van der Waals surface area contributed by atoms with E-state index in [1.54, 1.807) is 0 Å². The van der Waals surface area contributed by atoms with E-state index in [2.05, 4.69) is 49.5 Å². The Balaban J connectivity index is 1.95. The molecule has 1 aliphatic rings. The van der Waals surface area contributed by atoms with Gasteiger partial charge in [0.25, 0.3) is 0 Å². The molecule has 0 amide bonds. The van der Waals surface area contributed by atoms with Gasteiger partial charge in [-0.25, -0.2) is 0 Å². The lowest BCUT2D eigenvalue weighted by atomic mass is 10.0. The molecular weight excluding hydrogens is 182 g/mol. The molecule has 15 heavy (non-hydrogen) atoms. The molecule has 3 unspecified atom stereocenters. The maximum absolute atomic E-state index is 3.59. The molecule has 1 fully saturated rings. The summed E-state index contributed by atoms with van der Waals surface area (Å²) in [6.45, 7) is 5.58. The molecule has 0 spiro atoms. The molecule has 0 bridgehead atoms. The van der Waals surface area contributed by atoms with Gasteiger partial charge in [-0.05, 0) is 36.8 Å². The van der Waals surface area contributed by atoms with Gasteiger partial charge in [0.15, 0.2) is 0 Å². The Hall–Kier alpha value is -0.820. The molecule has 1 aromatic carbocycles. The standard InChI is InChI=1S/C14H21N/c1-3-14(15-4-2)13-10-12(13)11-8-6-5-7-9-11/h5-9,12-15H,3-4,10H2,1-2H3. The highest BCUT2D eigenvalue weighted by molar-refractivity contribution is 5.26. The highest BCUT2D eigenvalue weighted by Gasteiger charge is 2.42. The minimum atomic E-state index is 0.722. The van der Waals surface area contributed by atoms with Crippen molar-refractivity contribution in [2.75, 3.05) is 6.54 Å². The first kappa shape index (κ1) is 10.7. The maximum Gasteiger partial charge on any atom is 0.00986 e. The van der Waals surface area contributed by atoms with Crippen LogP contribution in [0.1, 0.15) is 38.2 Å². The Morgan fingerprint density at radius 1 is 1.27 bits per heavy atom. The second kappa shape index (κ2) is 4.80. The Kier molecular flexibility index (Phi) is 3.42. The minimum Gasteiger partial charge on any atom is -0.314 e. The summed E-state index contributed by atoms with van der Waals surface area (Å²) in [7, 11) is 0. The number of hydrogen-bond donors (Lipinski definition) is 1. The van der Waals surface area contributed by atoms with Gasteiger partial charge in [0.2, 0.25) is 0 Å². The Bertz CT molecular complexity index is 293. The molecule has 0 aromatic heterocycles. The van der Waals surface area contributed by atoms with E-state index in [1.807, 2.05) is 0 Å². The van der Waals surface area contributed by atoms with Crippen molar-refractivity contribution in [1.29, 1.82) is 0 Å². The summed E-state index contributed by atoms with van der Waals surface area (Å²) in [6, 6.07) is 11.7. The lowest BCUT2D eigenvalue weighted by Crippen LogP contribution is -2.30. The molecule has 0 saturated heterocycles. The van der Waals surface area contributed by atoms with Crippen molar-refractivity contribution >= 4 is 0 Å². The van der Waals surface area contributed by atoms with Crippen LogP contribution in [0.5, 0.6) is 0 Å². The van der Waals surface area contributed by atoms with Crippen LogP contribution in [-0.4, -0.2) is 12.6 Å². The van der Waals surface area contributed by atoms with Crippen LogP contribution in [0.3, 0.4) is 0 Å². The zero-order valence-electron chi connectivity index (χ0n) is 9.74. The van der Waals surface area contributed by atoms with E-state index >= 15 is 0 Å². The predicted molar refractivity (Wildman–Crippen MR) is 65.0 cm³/mol. The normalized spacial score (nSPS) is 26.3. The molecule has 1 heteroatoms. The summed E-state index contributed by atoms with van der Waals surface area (Å²) in [4.78, 5) is 0. The van der Waals surface area contributed by atoms with Crippen molar-refractivity contribution in [1.82, 2.24) is 5.32 Å². The van der Waals surface area contributed by atoms with Crippen LogP contribution in [-0.2, 0) is 0 Å². The Morgan fingerprint density at radius 3 is 2.60 bits per heavy atom. The maximum atomic E-state index is 3.59. The van der Waals surface area contributed by atoms with Crippen LogP contribution in [0.15, 0.2) is 30.3 Å². The third-order valence-electron chi connectivity index (χ3n) is 3.49. The van der Waals surface area contributed by atoms with Gasteiger partial charge < -0.3 is 5.32 Å². The zero-order chi connectivity index (χ0) is 10.7. The fourth-order valence-corrected chi connectivity index (χ4v) is 2.60. The summed E-state index contributed by atoms with van der Waals surface area (Å²) < 4.78 is 0. The molecular formula is C14H21N. The van der Waals surface area contributed by atoms with Gasteiger partial charge in [0, 0.05) is 6.04 Å². The molecule has 1 nitrogen and oxygen atoms in total. The largest absolute Gasteiger partial charge is 0.314 e. The van der Waals surface area contributed by atoms with Crippen molar-refractivity contribution in [2.24, 2.45) is 5.92 Å². The number of benzene rings is 1. The first-order valence-corrected chi connectivity index (χ1v) is 6.15. The number of hydrogen-bond acceptors (Lipinski definition) is 1. The van der Waals surface area contributed by atoms with E-state index in [-0.39, 0.29) is 0 Å². The minimum absolute atomic E-state index is 0.722. The van der Waals surface area contributed by atoms with E-state index in [0.717, 1.165) is 24.4 Å². The van der Waals surface area contributed by atoms with Gasteiger partial charge in [0.05, 0.1) is 0 Å². The first-order valence-electron chi connectivity index (χ1n) is 6.15. The molecule has 1 N–H and O–H groups in total. The number of nitrogens with one attached hydrogen (secondary N) is 1. The Morgan fingerprint density at radius 2 is 2.00 bits per heavy atom. The SMILES string of the molecule is CCNC(CC)C1CC1c1ccccc1. The van der Waals surface area contributed by atoms with Crippen molar-refractivity contribution in [2.45, 2.75) is 38.6 Å². The smallest absolute Gasteiger partial charge is 0.00986 e. The highest BCUT2D eigenvalue weighted by atomic mass is 14.9. The van der Waals surface area contributed by atoms with Crippen molar-refractivity contribution in [3.8, 4) is 0 Å². The number of rotatable bonds is 5. The summed E-state index contributed by atoms with van der Waals surface area (Å²) in [5.74, 6) is 1.69. The van der Waals surface area contributed by atoms with E-state index in [0.29, 0.717) is 0 Å². The lowest BCUT2D eigenvalue weighted by Gasteiger charge is -2.15. The van der Waals surface area contributed by atoms with Crippen molar-refractivity contribution in [3.05, 3.63) is 35.9 Å². The summed E-state index contributed by atoms with van der Waals surface area (Å²) in [5.41, 5.74) is 1.53. The molecule has 0 radical (unpaired) electrons. The summed E-state index contributed by atoms with van der Waals surface area (Å²) in [6.07, 6.45) is 2.62. The lowest BCUT2D eigenvalue weighted by molar-refractivity contribution is 0.455. The van der Waals surface area contributed by atoms with Gasteiger partial charge in [-0.15, -0.1) is 0 Å². The van der Waals surface area contributed by atoms with Crippen LogP contribution in [0.4, 0.5) is 0 Å². The molecule has 0 aliphatic heterocycles. The van der Waals surface area contributed by atoms with Crippen LogP contribution in [0, 0.1) is 5.92 Å². The van der Waals surface area contributed by atoms with E-state index in [9.17, 15) is 0 Å². The fourth-order valence-electron chi connectivity index (χ4n) is 2.60. The highest BCUT2D eigenvalue weighted by Crippen LogP contribution is 2.49. The van der Waals surface area contributed by atoms with Crippen LogP contribution >= 0.6 is 0 Å². The van der Waals surface area contributed by atoms with Gasteiger partial charge in [-0.1, -0.05) is 44.2 Å². The third kappa shape index (κ3) is 2.40. The second-order valence-corrected chi connectivity index (χ2v) is 4.49. The summed E-state index contributed by atoms with van der Waals surface area (Å²) in [5, 5.41) is 3.59. The third-order valence-corrected chi connectivity index (χ3v) is 3.49. The molecule has 82 valence electrons. The fraction of sp³-hybridized carbons (Fsp3) is 0.571. The molecule has 2 rings (SSSR count). The van der Waals surface area contributed by atoms with Crippen LogP contribution < -0.4 is 5.32 Å². The van der Waals surface area contributed by atoms with Gasteiger partial charge in [-0.2, -0.15) is 0 Å². The monoisotopic (exact) mass is 203 g/mol. The topological polar surface area (TPSA) is 12.0 Å². The van der Waals surface area contributed by atoms with E-state index in [1.165, 1.54) is 18.4 Å².